The molecule has 162 valence electrons. The summed E-state index contributed by atoms with van der Waals surface area (Å²) < 4.78 is 5.02. The van der Waals surface area contributed by atoms with Gasteiger partial charge in [-0.25, -0.2) is 0 Å². The molecule has 0 saturated heterocycles. The minimum atomic E-state index is -0.209. The SMILES string of the molecule is COCCCNC(=O)c1cc(NC(=O)c2ccc(C(C)(C)C)cc2)ccc1N(C)C. The van der Waals surface area contributed by atoms with Crippen molar-refractivity contribution in [1.29, 1.82) is 0 Å². The molecule has 0 saturated carbocycles. The zero-order valence-corrected chi connectivity index (χ0v) is 18.8. The maximum absolute atomic E-state index is 12.7. The third kappa shape index (κ3) is 6.32. The number of anilines is 2. The maximum atomic E-state index is 12.7. The van der Waals surface area contributed by atoms with E-state index in [1.807, 2.05) is 49.3 Å². The van der Waals surface area contributed by atoms with Gasteiger partial charge in [-0.05, 0) is 47.7 Å². The summed E-state index contributed by atoms with van der Waals surface area (Å²) >= 11 is 0. The Bertz CT molecular complexity index is 868. The van der Waals surface area contributed by atoms with Crippen LogP contribution < -0.4 is 15.5 Å². The first kappa shape index (κ1) is 23.4. The maximum Gasteiger partial charge on any atom is 0.255 e. The minimum Gasteiger partial charge on any atom is -0.385 e. The molecule has 2 aromatic carbocycles. The number of carbonyl (C=O) groups is 2. The highest BCUT2D eigenvalue weighted by molar-refractivity contribution is 6.06. The highest BCUT2D eigenvalue weighted by atomic mass is 16.5. The fourth-order valence-electron chi connectivity index (χ4n) is 3.02. The van der Waals surface area contributed by atoms with Crippen molar-refractivity contribution in [3.05, 3.63) is 59.2 Å². The number of amides is 2. The third-order valence-electron chi connectivity index (χ3n) is 4.80. The van der Waals surface area contributed by atoms with E-state index in [2.05, 4.69) is 31.4 Å². The van der Waals surface area contributed by atoms with Crippen molar-refractivity contribution in [3.8, 4) is 0 Å². The van der Waals surface area contributed by atoms with Crippen LogP contribution in [0.3, 0.4) is 0 Å². The van der Waals surface area contributed by atoms with E-state index in [0.717, 1.165) is 12.1 Å². The van der Waals surface area contributed by atoms with Gasteiger partial charge in [0.1, 0.15) is 0 Å². The summed E-state index contributed by atoms with van der Waals surface area (Å²) in [7, 11) is 5.40. The Hall–Kier alpha value is -2.86. The van der Waals surface area contributed by atoms with Crippen LogP contribution in [0, 0.1) is 0 Å². The van der Waals surface area contributed by atoms with Crippen LogP contribution >= 0.6 is 0 Å². The lowest BCUT2D eigenvalue weighted by Crippen LogP contribution is -2.27. The number of rotatable bonds is 8. The standard InChI is InChI=1S/C24H33N3O3/c1-24(2,3)18-10-8-17(9-11-18)22(28)26-19-12-13-21(27(4)5)20(16-19)23(29)25-14-7-15-30-6/h8-13,16H,7,14-15H2,1-6H3,(H,25,29)(H,26,28). The first-order valence-corrected chi connectivity index (χ1v) is 10.1. The number of nitrogens with zero attached hydrogens (tertiary/aromatic N) is 1. The van der Waals surface area contributed by atoms with Crippen molar-refractivity contribution >= 4 is 23.2 Å². The summed E-state index contributed by atoms with van der Waals surface area (Å²) in [5, 5.41) is 5.80. The number of hydrogen-bond donors (Lipinski definition) is 2. The van der Waals surface area contributed by atoms with Gasteiger partial charge in [0.25, 0.3) is 11.8 Å². The van der Waals surface area contributed by atoms with Crippen molar-refractivity contribution in [3.63, 3.8) is 0 Å². The monoisotopic (exact) mass is 411 g/mol. The molecule has 30 heavy (non-hydrogen) atoms. The van der Waals surface area contributed by atoms with Crippen LogP contribution in [-0.2, 0) is 10.2 Å². The lowest BCUT2D eigenvalue weighted by Gasteiger charge is -2.19. The van der Waals surface area contributed by atoms with E-state index in [4.69, 9.17) is 4.74 Å². The Balaban J connectivity index is 2.17. The number of methoxy groups -OCH3 is 1. The predicted molar refractivity (Wildman–Crippen MR) is 123 cm³/mol. The Labute approximate surface area is 179 Å². The molecule has 0 aliphatic carbocycles. The molecule has 6 heteroatoms. The van der Waals surface area contributed by atoms with Crippen LogP contribution in [0.5, 0.6) is 0 Å². The van der Waals surface area contributed by atoms with E-state index in [1.165, 1.54) is 5.56 Å². The second kappa shape index (κ2) is 10.3. The molecule has 2 aromatic rings. The fraction of sp³-hybridized carbons (Fsp3) is 0.417. The Kier molecular flexibility index (Phi) is 8.00. The van der Waals surface area contributed by atoms with Crippen LogP contribution in [0.25, 0.3) is 0 Å². The second-order valence-corrected chi connectivity index (χ2v) is 8.51. The second-order valence-electron chi connectivity index (χ2n) is 8.51. The van der Waals surface area contributed by atoms with Crippen molar-refractivity contribution in [2.24, 2.45) is 0 Å². The first-order valence-electron chi connectivity index (χ1n) is 10.1. The molecule has 2 rings (SSSR count). The van der Waals surface area contributed by atoms with E-state index < -0.39 is 0 Å². The largest absolute Gasteiger partial charge is 0.385 e. The van der Waals surface area contributed by atoms with Gasteiger partial charge in [-0.2, -0.15) is 0 Å². The Morgan fingerprint density at radius 2 is 1.67 bits per heavy atom. The van der Waals surface area contributed by atoms with Gasteiger partial charge in [-0.3, -0.25) is 9.59 Å². The molecule has 0 fully saturated rings. The molecular formula is C24H33N3O3. The van der Waals surface area contributed by atoms with E-state index in [-0.39, 0.29) is 17.2 Å². The molecule has 0 atom stereocenters. The van der Waals surface area contributed by atoms with Gasteiger partial charge in [0, 0.05) is 51.3 Å². The summed E-state index contributed by atoms with van der Waals surface area (Å²) in [5.74, 6) is -0.389. The number of ether oxygens (including phenoxy) is 1. The lowest BCUT2D eigenvalue weighted by atomic mass is 9.87. The quantitative estimate of drug-likeness (QED) is 0.643. The highest BCUT2D eigenvalue weighted by Crippen LogP contribution is 2.25. The third-order valence-corrected chi connectivity index (χ3v) is 4.80. The molecule has 0 radical (unpaired) electrons. The van der Waals surface area contributed by atoms with Crippen molar-refractivity contribution in [2.45, 2.75) is 32.6 Å². The predicted octanol–water partition coefficient (Wildman–Crippen LogP) is 4.07. The van der Waals surface area contributed by atoms with E-state index in [0.29, 0.717) is 30.0 Å². The Morgan fingerprint density at radius 1 is 1.00 bits per heavy atom. The minimum absolute atomic E-state index is 0.0303. The summed E-state index contributed by atoms with van der Waals surface area (Å²) in [4.78, 5) is 27.2. The van der Waals surface area contributed by atoms with E-state index in [9.17, 15) is 9.59 Å². The topological polar surface area (TPSA) is 70.7 Å². The molecule has 6 nitrogen and oxygen atoms in total. The van der Waals surface area contributed by atoms with Gasteiger partial charge in [0.2, 0.25) is 0 Å². The van der Waals surface area contributed by atoms with Gasteiger partial charge in [0.15, 0.2) is 0 Å². The average molecular weight is 412 g/mol. The van der Waals surface area contributed by atoms with Crippen molar-refractivity contribution in [2.75, 3.05) is 44.6 Å². The summed E-state index contributed by atoms with van der Waals surface area (Å²) in [6.45, 7) is 7.52. The number of carbonyl (C=O) groups excluding carboxylic acids is 2. The van der Waals surface area contributed by atoms with Crippen LogP contribution in [0.2, 0.25) is 0 Å². The fourth-order valence-corrected chi connectivity index (χ4v) is 3.02. The normalized spacial score (nSPS) is 11.1. The average Bonchev–Trinajstić information content (AvgIpc) is 2.70. The van der Waals surface area contributed by atoms with Crippen LogP contribution in [0.4, 0.5) is 11.4 Å². The molecule has 0 aliphatic rings. The highest BCUT2D eigenvalue weighted by Gasteiger charge is 2.16. The summed E-state index contributed by atoms with van der Waals surface area (Å²) in [5.41, 5.74) is 3.65. The van der Waals surface area contributed by atoms with E-state index >= 15 is 0 Å². The van der Waals surface area contributed by atoms with Gasteiger partial charge < -0.3 is 20.3 Å². The number of hydrogen-bond acceptors (Lipinski definition) is 4. The first-order chi connectivity index (χ1) is 14.1. The molecule has 2 amide bonds. The van der Waals surface area contributed by atoms with Crippen molar-refractivity contribution < 1.29 is 14.3 Å². The molecule has 0 bridgehead atoms. The molecule has 0 aromatic heterocycles. The molecular weight excluding hydrogens is 378 g/mol. The zero-order valence-electron chi connectivity index (χ0n) is 18.8. The molecule has 0 aliphatic heterocycles. The van der Waals surface area contributed by atoms with E-state index in [1.54, 1.807) is 19.2 Å². The van der Waals surface area contributed by atoms with Gasteiger partial charge in [-0.15, -0.1) is 0 Å². The van der Waals surface area contributed by atoms with Crippen LogP contribution in [-0.4, -0.2) is 46.2 Å². The zero-order chi connectivity index (χ0) is 22.3. The number of benzene rings is 2. The van der Waals surface area contributed by atoms with Crippen LogP contribution in [0.1, 0.15) is 53.5 Å². The lowest BCUT2D eigenvalue weighted by molar-refractivity contribution is 0.0947. The molecule has 0 unspecified atom stereocenters. The Morgan fingerprint density at radius 3 is 2.23 bits per heavy atom. The molecule has 2 N–H and O–H groups in total. The van der Waals surface area contributed by atoms with Gasteiger partial charge in [-0.1, -0.05) is 32.9 Å². The van der Waals surface area contributed by atoms with Gasteiger partial charge in [0.05, 0.1) is 5.56 Å². The van der Waals surface area contributed by atoms with Crippen LogP contribution in [0.15, 0.2) is 42.5 Å². The van der Waals surface area contributed by atoms with Gasteiger partial charge >= 0.3 is 0 Å². The molecule has 0 spiro atoms. The number of nitrogens with one attached hydrogen (secondary N) is 2. The van der Waals surface area contributed by atoms with Crippen molar-refractivity contribution in [1.82, 2.24) is 5.32 Å². The molecule has 0 heterocycles. The smallest absolute Gasteiger partial charge is 0.255 e. The summed E-state index contributed by atoms with van der Waals surface area (Å²) in [6, 6.07) is 13.0. The summed E-state index contributed by atoms with van der Waals surface area (Å²) in [6.07, 6.45) is 0.737.